The summed E-state index contributed by atoms with van der Waals surface area (Å²) >= 11 is 0. The smallest absolute Gasteiger partial charge is 0.387 e. The maximum absolute atomic E-state index is 13.8. The van der Waals surface area contributed by atoms with Gasteiger partial charge < -0.3 is 15.4 Å². The zero-order valence-corrected chi connectivity index (χ0v) is 19.5. The standard InChI is InChI=1S/C27H24F2N4O2/c1-15-12-13-19(16(2)14-15)31-25(34)23-17(3)30-27-32-20-9-5-6-10-21(20)33(27)24(23)18-8-4-7-11-22(18)35-26(28)29/h4-14,24,26H,1-3H3,(H,30,32)(H,31,34)/t24-/m0/s1. The van der Waals surface area contributed by atoms with Crippen LogP contribution in [0.3, 0.4) is 0 Å². The second-order valence-electron chi connectivity index (χ2n) is 8.55. The van der Waals surface area contributed by atoms with Gasteiger partial charge in [-0.2, -0.15) is 8.78 Å². The molecule has 35 heavy (non-hydrogen) atoms. The topological polar surface area (TPSA) is 68.2 Å². The number of hydrogen-bond acceptors (Lipinski definition) is 4. The molecule has 1 amide bonds. The van der Waals surface area contributed by atoms with E-state index in [2.05, 4.69) is 15.6 Å². The first kappa shape index (κ1) is 22.6. The number of rotatable bonds is 5. The number of nitrogens with one attached hydrogen (secondary N) is 2. The molecule has 8 heteroatoms. The van der Waals surface area contributed by atoms with Gasteiger partial charge in [-0.05, 0) is 50.6 Å². The Kier molecular flexibility index (Phi) is 5.72. The maximum Gasteiger partial charge on any atom is 0.387 e. The van der Waals surface area contributed by atoms with E-state index in [0.29, 0.717) is 28.5 Å². The molecule has 0 fully saturated rings. The molecule has 5 rings (SSSR count). The van der Waals surface area contributed by atoms with Gasteiger partial charge >= 0.3 is 6.61 Å². The van der Waals surface area contributed by atoms with Crippen LogP contribution in [-0.4, -0.2) is 22.1 Å². The highest BCUT2D eigenvalue weighted by Gasteiger charge is 2.36. The molecule has 0 saturated heterocycles. The van der Waals surface area contributed by atoms with E-state index in [0.717, 1.165) is 22.2 Å². The number of carbonyl (C=O) groups excluding carboxylic acids is 1. The number of para-hydroxylation sites is 3. The third-order valence-corrected chi connectivity index (χ3v) is 6.14. The Labute approximate surface area is 201 Å². The van der Waals surface area contributed by atoms with Gasteiger partial charge in [0.2, 0.25) is 5.95 Å². The summed E-state index contributed by atoms with van der Waals surface area (Å²) in [5.74, 6) is 0.175. The van der Waals surface area contributed by atoms with Crippen LogP contribution in [0.15, 0.2) is 78.0 Å². The SMILES string of the molecule is CC1=C(C(=O)Nc2ccc(C)cc2C)[C@H](c2ccccc2OC(F)F)n2c(nc3ccccc32)N1. The molecule has 2 N–H and O–H groups in total. The van der Waals surface area contributed by atoms with Crippen molar-refractivity contribution in [2.45, 2.75) is 33.4 Å². The second-order valence-corrected chi connectivity index (χ2v) is 8.55. The van der Waals surface area contributed by atoms with E-state index < -0.39 is 12.7 Å². The van der Waals surface area contributed by atoms with Crippen molar-refractivity contribution in [3.63, 3.8) is 0 Å². The van der Waals surface area contributed by atoms with Gasteiger partial charge in [0.15, 0.2) is 0 Å². The van der Waals surface area contributed by atoms with Crippen LogP contribution in [0, 0.1) is 13.8 Å². The Hall–Kier alpha value is -4.20. The maximum atomic E-state index is 13.8. The molecule has 0 aliphatic carbocycles. The predicted octanol–water partition coefficient (Wildman–Crippen LogP) is 6.18. The van der Waals surface area contributed by atoms with Crippen molar-refractivity contribution >= 4 is 28.6 Å². The predicted molar refractivity (Wildman–Crippen MR) is 132 cm³/mol. The van der Waals surface area contributed by atoms with Gasteiger partial charge in [-0.25, -0.2) is 4.98 Å². The molecule has 2 heterocycles. The third-order valence-electron chi connectivity index (χ3n) is 6.14. The number of benzene rings is 3. The van der Waals surface area contributed by atoms with Crippen LogP contribution in [0.1, 0.15) is 29.7 Å². The molecule has 6 nitrogen and oxygen atoms in total. The van der Waals surface area contributed by atoms with Crippen LogP contribution < -0.4 is 15.4 Å². The second kappa shape index (κ2) is 8.87. The molecule has 1 aromatic heterocycles. The number of amides is 1. The van der Waals surface area contributed by atoms with E-state index in [1.165, 1.54) is 6.07 Å². The first-order chi connectivity index (χ1) is 16.8. The first-order valence-corrected chi connectivity index (χ1v) is 11.2. The van der Waals surface area contributed by atoms with Crippen LogP contribution >= 0.6 is 0 Å². The number of hydrogen-bond donors (Lipinski definition) is 2. The van der Waals surface area contributed by atoms with Crippen molar-refractivity contribution in [1.29, 1.82) is 0 Å². The van der Waals surface area contributed by atoms with Gasteiger partial charge in [-0.3, -0.25) is 9.36 Å². The van der Waals surface area contributed by atoms with Gasteiger partial charge in [0, 0.05) is 16.9 Å². The lowest BCUT2D eigenvalue weighted by Gasteiger charge is -2.31. The Bertz CT molecular complexity index is 1480. The monoisotopic (exact) mass is 474 g/mol. The summed E-state index contributed by atoms with van der Waals surface area (Å²) in [6.07, 6.45) is 0. The van der Waals surface area contributed by atoms with Gasteiger partial charge in [-0.1, -0.05) is 48.0 Å². The fourth-order valence-corrected chi connectivity index (χ4v) is 4.61. The molecule has 1 aliphatic heterocycles. The highest BCUT2D eigenvalue weighted by Crippen LogP contribution is 2.42. The minimum absolute atomic E-state index is 0.00254. The number of carbonyl (C=O) groups is 1. The zero-order chi connectivity index (χ0) is 24.7. The van der Waals surface area contributed by atoms with Gasteiger partial charge in [-0.15, -0.1) is 0 Å². The van der Waals surface area contributed by atoms with Crippen LogP contribution in [-0.2, 0) is 4.79 Å². The lowest BCUT2D eigenvalue weighted by Crippen LogP contribution is -2.31. The Morgan fingerprint density at radius 3 is 2.57 bits per heavy atom. The summed E-state index contributed by atoms with van der Waals surface area (Å²) in [7, 11) is 0. The highest BCUT2D eigenvalue weighted by molar-refractivity contribution is 6.07. The summed E-state index contributed by atoms with van der Waals surface area (Å²) in [5, 5.41) is 6.24. The zero-order valence-electron chi connectivity index (χ0n) is 19.5. The van der Waals surface area contributed by atoms with E-state index in [4.69, 9.17) is 4.74 Å². The van der Waals surface area contributed by atoms with Crippen molar-refractivity contribution in [2.24, 2.45) is 0 Å². The molecule has 0 spiro atoms. The largest absolute Gasteiger partial charge is 0.434 e. The minimum Gasteiger partial charge on any atom is -0.434 e. The number of anilines is 2. The average molecular weight is 475 g/mol. The number of alkyl halides is 2. The van der Waals surface area contributed by atoms with Crippen molar-refractivity contribution in [3.8, 4) is 5.75 Å². The molecule has 4 aromatic rings. The molecule has 0 unspecified atom stereocenters. The minimum atomic E-state index is -3.01. The van der Waals surface area contributed by atoms with E-state index in [1.54, 1.807) is 25.1 Å². The number of aryl methyl sites for hydroxylation is 2. The molecule has 0 saturated carbocycles. The van der Waals surface area contributed by atoms with Gasteiger partial charge in [0.25, 0.3) is 5.91 Å². The number of aromatic nitrogens is 2. The van der Waals surface area contributed by atoms with Crippen LogP contribution in [0.25, 0.3) is 11.0 Å². The quantitative estimate of drug-likeness (QED) is 0.362. The van der Waals surface area contributed by atoms with Crippen molar-refractivity contribution in [3.05, 3.63) is 94.7 Å². The van der Waals surface area contributed by atoms with Crippen molar-refractivity contribution in [2.75, 3.05) is 10.6 Å². The summed E-state index contributed by atoms with van der Waals surface area (Å²) in [5.41, 5.74) is 5.56. The number of nitrogens with zero attached hydrogens (tertiary/aromatic N) is 2. The fraction of sp³-hybridized carbons (Fsp3) is 0.185. The lowest BCUT2D eigenvalue weighted by molar-refractivity contribution is -0.113. The molecule has 178 valence electrons. The average Bonchev–Trinajstić information content (AvgIpc) is 3.18. The molecule has 3 aromatic carbocycles. The number of fused-ring (bicyclic) bond motifs is 3. The van der Waals surface area contributed by atoms with E-state index in [-0.39, 0.29) is 11.7 Å². The summed E-state index contributed by atoms with van der Waals surface area (Å²) in [6.45, 7) is 2.68. The summed E-state index contributed by atoms with van der Waals surface area (Å²) in [4.78, 5) is 18.4. The normalized spacial score (nSPS) is 15.2. The number of ether oxygens (including phenoxy) is 1. The number of allylic oxidation sites excluding steroid dienone is 1. The Balaban J connectivity index is 1.69. The van der Waals surface area contributed by atoms with Crippen LogP contribution in [0.5, 0.6) is 5.75 Å². The fourth-order valence-electron chi connectivity index (χ4n) is 4.61. The number of imidazole rings is 1. The lowest BCUT2D eigenvalue weighted by atomic mass is 9.93. The van der Waals surface area contributed by atoms with Crippen LogP contribution in [0.2, 0.25) is 0 Å². The van der Waals surface area contributed by atoms with Gasteiger partial charge in [0.1, 0.15) is 5.75 Å². The molecule has 1 aliphatic rings. The molecule has 0 radical (unpaired) electrons. The van der Waals surface area contributed by atoms with Crippen molar-refractivity contribution in [1.82, 2.24) is 9.55 Å². The summed E-state index contributed by atoms with van der Waals surface area (Å²) in [6, 6.07) is 19.1. The Morgan fingerprint density at radius 2 is 1.80 bits per heavy atom. The summed E-state index contributed by atoms with van der Waals surface area (Å²) < 4.78 is 33.3. The molecule has 0 bridgehead atoms. The highest BCUT2D eigenvalue weighted by atomic mass is 19.3. The Morgan fingerprint density at radius 1 is 1.06 bits per heavy atom. The molecular formula is C27H24F2N4O2. The van der Waals surface area contributed by atoms with Crippen LogP contribution in [0.4, 0.5) is 20.4 Å². The van der Waals surface area contributed by atoms with E-state index in [9.17, 15) is 13.6 Å². The van der Waals surface area contributed by atoms with E-state index in [1.807, 2.05) is 60.9 Å². The molecular weight excluding hydrogens is 450 g/mol. The van der Waals surface area contributed by atoms with Crippen molar-refractivity contribution < 1.29 is 18.3 Å². The third kappa shape index (κ3) is 4.12. The first-order valence-electron chi connectivity index (χ1n) is 11.2. The van der Waals surface area contributed by atoms with E-state index >= 15 is 0 Å². The number of halogens is 2. The molecule has 1 atom stereocenters. The van der Waals surface area contributed by atoms with Gasteiger partial charge in [0.05, 0.1) is 22.6 Å².